The van der Waals surface area contributed by atoms with Gasteiger partial charge < -0.3 is 9.84 Å². The topological polar surface area (TPSA) is 58.9 Å². The van der Waals surface area contributed by atoms with Gasteiger partial charge in [0.05, 0.1) is 0 Å². The number of rotatable bonds is 1. The van der Waals surface area contributed by atoms with Crippen LogP contribution in [0.25, 0.3) is 6.08 Å². The Morgan fingerprint density at radius 3 is 2.87 bits per heavy atom. The van der Waals surface area contributed by atoms with Crippen molar-refractivity contribution in [2.24, 2.45) is 4.99 Å². The lowest BCUT2D eigenvalue weighted by molar-refractivity contribution is -0.130. The van der Waals surface area contributed by atoms with Crippen LogP contribution in [0, 0.1) is 0 Å². The first-order chi connectivity index (χ1) is 7.15. The largest absolute Gasteiger partial charge is 0.508 e. The molecule has 0 saturated heterocycles. The van der Waals surface area contributed by atoms with Crippen LogP contribution in [0.4, 0.5) is 0 Å². The average molecular weight is 203 g/mol. The Morgan fingerprint density at radius 2 is 2.27 bits per heavy atom. The predicted octanol–water partition coefficient (Wildman–Crippen LogP) is 1.71. The van der Waals surface area contributed by atoms with Gasteiger partial charge in [-0.25, -0.2) is 9.79 Å². The van der Waals surface area contributed by atoms with E-state index in [0.29, 0.717) is 11.5 Å². The molecule has 0 unspecified atom stereocenters. The second-order valence-electron chi connectivity index (χ2n) is 3.14. The third-order valence-corrected chi connectivity index (χ3v) is 1.90. The predicted molar refractivity (Wildman–Crippen MR) is 55.3 cm³/mol. The molecule has 15 heavy (non-hydrogen) atoms. The van der Waals surface area contributed by atoms with Crippen LogP contribution in [-0.4, -0.2) is 17.0 Å². The van der Waals surface area contributed by atoms with Crippen molar-refractivity contribution < 1.29 is 14.6 Å². The molecule has 1 heterocycles. The maximum atomic E-state index is 11.2. The molecule has 4 nitrogen and oxygen atoms in total. The summed E-state index contributed by atoms with van der Waals surface area (Å²) < 4.78 is 4.76. The minimum absolute atomic E-state index is 0.149. The zero-order valence-electron chi connectivity index (χ0n) is 8.10. The number of esters is 1. The highest BCUT2D eigenvalue weighted by Gasteiger charge is 2.19. The van der Waals surface area contributed by atoms with Crippen molar-refractivity contribution in [2.75, 3.05) is 0 Å². The van der Waals surface area contributed by atoms with Crippen LogP contribution in [0.3, 0.4) is 0 Å². The summed E-state index contributed by atoms with van der Waals surface area (Å²) in [5.74, 6) is 0.0265. The summed E-state index contributed by atoms with van der Waals surface area (Å²) in [5, 5.41) is 9.22. The molecule has 0 saturated carbocycles. The number of phenols is 1. The van der Waals surface area contributed by atoms with E-state index in [1.54, 1.807) is 37.3 Å². The summed E-state index contributed by atoms with van der Waals surface area (Å²) in [6.07, 6.45) is 1.57. The van der Waals surface area contributed by atoms with E-state index in [4.69, 9.17) is 4.74 Å². The number of aromatic hydroxyl groups is 1. The highest BCUT2D eigenvalue weighted by molar-refractivity contribution is 6.06. The minimum atomic E-state index is -0.462. The lowest BCUT2D eigenvalue weighted by Gasteiger charge is -1.95. The first kappa shape index (κ1) is 9.45. The molecular formula is C11H9NO3. The molecule has 0 atom stereocenters. The van der Waals surface area contributed by atoms with E-state index in [0.717, 1.165) is 0 Å². The van der Waals surface area contributed by atoms with Gasteiger partial charge in [0.1, 0.15) is 5.75 Å². The maximum Gasteiger partial charge on any atom is 0.363 e. The normalized spacial score (nSPS) is 17.8. The fourth-order valence-corrected chi connectivity index (χ4v) is 1.29. The van der Waals surface area contributed by atoms with Crippen LogP contribution in [0.15, 0.2) is 35.0 Å². The Balaban J connectivity index is 2.35. The van der Waals surface area contributed by atoms with Gasteiger partial charge in [-0.15, -0.1) is 0 Å². The van der Waals surface area contributed by atoms with E-state index in [2.05, 4.69) is 4.99 Å². The summed E-state index contributed by atoms with van der Waals surface area (Å²) in [6, 6.07) is 6.56. The van der Waals surface area contributed by atoms with Crippen LogP contribution >= 0.6 is 0 Å². The number of carbonyl (C=O) groups excluding carboxylic acids is 1. The van der Waals surface area contributed by atoms with Crippen LogP contribution in [-0.2, 0) is 9.53 Å². The van der Waals surface area contributed by atoms with Crippen LogP contribution < -0.4 is 0 Å². The average Bonchev–Trinajstić information content (AvgIpc) is 2.45. The van der Waals surface area contributed by atoms with Crippen molar-refractivity contribution in [2.45, 2.75) is 6.92 Å². The van der Waals surface area contributed by atoms with Crippen LogP contribution in [0.1, 0.15) is 12.5 Å². The number of cyclic esters (lactones) is 1. The number of phenolic OH excluding ortho intramolecular Hbond substituents is 1. The molecule has 1 aromatic carbocycles. The summed E-state index contributed by atoms with van der Waals surface area (Å²) in [5.41, 5.74) is 0.957. The van der Waals surface area contributed by atoms with E-state index in [1.807, 2.05) is 0 Å². The molecule has 0 spiro atoms. The fraction of sp³-hybridized carbons (Fsp3) is 0.0909. The number of carbonyl (C=O) groups is 1. The fourth-order valence-electron chi connectivity index (χ4n) is 1.29. The van der Waals surface area contributed by atoms with Crippen molar-refractivity contribution in [3.8, 4) is 5.75 Å². The molecule has 1 aromatic rings. The number of ether oxygens (including phenoxy) is 1. The molecule has 2 rings (SSSR count). The molecular weight excluding hydrogens is 194 g/mol. The summed E-state index contributed by atoms with van der Waals surface area (Å²) in [6.45, 7) is 1.61. The minimum Gasteiger partial charge on any atom is -0.508 e. The van der Waals surface area contributed by atoms with Gasteiger partial charge >= 0.3 is 5.97 Å². The first-order valence-electron chi connectivity index (χ1n) is 4.43. The number of aliphatic imine (C=N–C) groups is 1. The zero-order chi connectivity index (χ0) is 10.8. The maximum absolute atomic E-state index is 11.2. The lowest BCUT2D eigenvalue weighted by Crippen LogP contribution is -1.99. The van der Waals surface area contributed by atoms with Crippen LogP contribution in [0.2, 0.25) is 0 Å². The van der Waals surface area contributed by atoms with E-state index >= 15 is 0 Å². The molecule has 0 amide bonds. The molecule has 0 bridgehead atoms. The zero-order valence-corrected chi connectivity index (χ0v) is 8.10. The van der Waals surface area contributed by atoms with E-state index in [-0.39, 0.29) is 11.4 Å². The molecule has 0 aliphatic carbocycles. The molecule has 4 heteroatoms. The SMILES string of the molecule is CC1=NC(=Cc2cccc(O)c2)C(=O)O1. The lowest BCUT2D eigenvalue weighted by atomic mass is 10.2. The van der Waals surface area contributed by atoms with Crippen molar-refractivity contribution in [1.82, 2.24) is 0 Å². The Labute approximate surface area is 86.5 Å². The molecule has 0 radical (unpaired) electrons. The second-order valence-corrected chi connectivity index (χ2v) is 3.14. The van der Waals surface area contributed by atoms with Crippen molar-refractivity contribution in [3.63, 3.8) is 0 Å². The summed E-state index contributed by atoms with van der Waals surface area (Å²) >= 11 is 0. The van der Waals surface area contributed by atoms with E-state index in [9.17, 15) is 9.90 Å². The molecule has 1 aliphatic rings. The van der Waals surface area contributed by atoms with Gasteiger partial charge in [0.15, 0.2) is 11.6 Å². The van der Waals surface area contributed by atoms with Crippen LogP contribution in [0.5, 0.6) is 5.75 Å². The summed E-state index contributed by atoms with van der Waals surface area (Å²) in [7, 11) is 0. The molecule has 1 aliphatic heterocycles. The Morgan fingerprint density at radius 1 is 1.47 bits per heavy atom. The number of hydrogen-bond donors (Lipinski definition) is 1. The third-order valence-electron chi connectivity index (χ3n) is 1.90. The highest BCUT2D eigenvalue weighted by atomic mass is 16.6. The summed E-state index contributed by atoms with van der Waals surface area (Å²) in [4.78, 5) is 15.1. The first-order valence-corrected chi connectivity index (χ1v) is 4.43. The Bertz CT molecular complexity index is 474. The monoisotopic (exact) mass is 203 g/mol. The highest BCUT2D eigenvalue weighted by Crippen LogP contribution is 2.18. The van der Waals surface area contributed by atoms with E-state index in [1.165, 1.54) is 0 Å². The number of benzene rings is 1. The van der Waals surface area contributed by atoms with Gasteiger partial charge in [-0.2, -0.15) is 0 Å². The smallest absolute Gasteiger partial charge is 0.363 e. The van der Waals surface area contributed by atoms with Gasteiger partial charge in [0.2, 0.25) is 0 Å². The molecule has 0 aromatic heterocycles. The van der Waals surface area contributed by atoms with Gasteiger partial charge in [-0.05, 0) is 23.8 Å². The Kier molecular flexibility index (Phi) is 2.25. The van der Waals surface area contributed by atoms with Crippen molar-refractivity contribution >= 4 is 17.9 Å². The van der Waals surface area contributed by atoms with Crippen molar-refractivity contribution in [1.29, 1.82) is 0 Å². The third kappa shape index (κ3) is 2.04. The van der Waals surface area contributed by atoms with E-state index < -0.39 is 5.97 Å². The van der Waals surface area contributed by atoms with Gasteiger partial charge in [-0.3, -0.25) is 0 Å². The molecule has 1 N–H and O–H groups in total. The molecule has 76 valence electrons. The van der Waals surface area contributed by atoms with Crippen molar-refractivity contribution in [3.05, 3.63) is 35.5 Å². The Hall–Kier alpha value is -2.10. The quantitative estimate of drug-likeness (QED) is 0.558. The standard InChI is InChI=1S/C11H9NO3/c1-7-12-10(11(14)15-7)6-8-3-2-4-9(13)5-8/h2-6,13H,1H3. The van der Waals surface area contributed by atoms with Gasteiger partial charge in [-0.1, -0.05) is 12.1 Å². The van der Waals surface area contributed by atoms with Gasteiger partial charge in [0, 0.05) is 6.92 Å². The second kappa shape index (κ2) is 3.57. The van der Waals surface area contributed by atoms with Gasteiger partial charge in [0.25, 0.3) is 0 Å². The molecule has 0 fully saturated rings. The number of nitrogens with zero attached hydrogens (tertiary/aromatic N) is 1. The number of hydrogen-bond acceptors (Lipinski definition) is 4.